The summed E-state index contributed by atoms with van der Waals surface area (Å²) >= 11 is 0. The van der Waals surface area contributed by atoms with Crippen molar-refractivity contribution in [1.29, 1.82) is 0 Å². The second-order valence-corrected chi connectivity index (χ2v) is 5.02. The smallest absolute Gasteiger partial charge is 0.255 e. The predicted molar refractivity (Wildman–Crippen MR) is 72.0 cm³/mol. The summed E-state index contributed by atoms with van der Waals surface area (Å²) in [5.41, 5.74) is 2.41. The lowest BCUT2D eigenvalue weighted by Gasteiger charge is -2.29. The second-order valence-electron chi connectivity index (χ2n) is 5.02. The Morgan fingerprint density at radius 3 is 2.80 bits per heavy atom. The van der Waals surface area contributed by atoms with Crippen molar-refractivity contribution in [2.45, 2.75) is 25.4 Å². The summed E-state index contributed by atoms with van der Waals surface area (Å²) < 4.78 is 0. The molecular weight excluding hydrogens is 258 g/mol. The van der Waals surface area contributed by atoms with Crippen LogP contribution in [0.15, 0.2) is 18.2 Å². The van der Waals surface area contributed by atoms with Crippen LogP contribution in [-0.2, 0) is 16.1 Å². The molecule has 6 heteroatoms. The Bertz CT molecular complexity index is 612. The maximum absolute atomic E-state index is 12.4. The molecule has 2 aliphatic heterocycles. The van der Waals surface area contributed by atoms with Crippen LogP contribution in [0.2, 0.25) is 0 Å². The fraction of sp³-hybridized carbons (Fsp3) is 0.357. The van der Waals surface area contributed by atoms with Crippen LogP contribution in [0, 0.1) is 0 Å². The van der Waals surface area contributed by atoms with Crippen molar-refractivity contribution in [3.8, 4) is 0 Å². The molecule has 104 valence electrons. The highest BCUT2D eigenvalue weighted by Crippen LogP contribution is 2.29. The number of hydrogen-bond acceptors (Lipinski definition) is 4. The summed E-state index contributed by atoms with van der Waals surface area (Å²) in [4.78, 5) is 37.0. The average Bonchev–Trinajstić information content (AvgIpc) is 2.76. The van der Waals surface area contributed by atoms with E-state index in [1.165, 1.54) is 0 Å². The van der Waals surface area contributed by atoms with Crippen LogP contribution in [0.4, 0.5) is 5.69 Å². The van der Waals surface area contributed by atoms with Gasteiger partial charge in [0, 0.05) is 31.3 Å². The summed E-state index contributed by atoms with van der Waals surface area (Å²) in [6.45, 7) is 0.421. The number of carbonyl (C=O) groups is 3. The zero-order valence-corrected chi connectivity index (χ0v) is 11.1. The van der Waals surface area contributed by atoms with Gasteiger partial charge in [0.2, 0.25) is 11.8 Å². The normalized spacial score (nSPS) is 21.8. The van der Waals surface area contributed by atoms with Crippen LogP contribution in [0.3, 0.4) is 0 Å². The summed E-state index contributed by atoms with van der Waals surface area (Å²) in [6.07, 6.45) is 0.668. The second kappa shape index (κ2) is 4.63. The number of amides is 3. The molecule has 2 N–H and O–H groups in total. The fourth-order valence-corrected chi connectivity index (χ4v) is 2.71. The average molecular weight is 273 g/mol. The van der Waals surface area contributed by atoms with Crippen LogP contribution in [0.1, 0.15) is 28.8 Å². The third-order valence-corrected chi connectivity index (χ3v) is 3.82. The first-order valence-electron chi connectivity index (χ1n) is 6.55. The molecule has 0 aliphatic carbocycles. The number of fused-ring (bicyclic) bond motifs is 1. The van der Waals surface area contributed by atoms with Crippen LogP contribution in [0.25, 0.3) is 0 Å². The molecule has 1 saturated heterocycles. The Labute approximate surface area is 116 Å². The minimum Gasteiger partial charge on any atom is -0.388 e. The number of benzene rings is 1. The van der Waals surface area contributed by atoms with Crippen molar-refractivity contribution >= 4 is 23.4 Å². The van der Waals surface area contributed by atoms with E-state index in [2.05, 4.69) is 10.6 Å². The van der Waals surface area contributed by atoms with Crippen molar-refractivity contribution < 1.29 is 14.4 Å². The lowest BCUT2D eigenvalue weighted by molar-refractivity contribution is -0.136. The number of hydrogen-bond donors (Lipinski definition) is 2. The molecule has 1 unspecified atom stereocenters. The molecular formula is C14H15N3O3. The van der Waals surface area contributed by atoms with Gasteiger partial charge in [0.05, 0.1) is 0 Å². The van der Waals surface area contributed by atoms with E-state index in [0.717, 1.165) is 11.3 Å². The number of carbonyl (C=O) groups excluding carboxylic acids is 3. The zero-order valence-electron chi connectivity index (χ0n) is 11.1. The van der Waals surface area contributed by atoms with Gasteiger partial charge in [-0.15, -0.1) is 0 Å². The molecule has 3 rings (SSSR count). The Hall–Kier alpha value is -2.37. The van der Waals surface area contributed by atoms with E-state index in [4.69, 9.17) is 0 Å². The topological polar surface area (TPSA) is 78.5 Å². The highest BCUT2D eigenvalue weighted by Gasteiger charge is 2.38. The van der Waals surface area contributed by atoms with Crippen molar-refractivity contribution in [2.24, 2.45) is 0 Å². The minimum atomic E-state index is -0.550. The largest absolute Gasteiger partial charge is 0.388 e. The molecule has 1 fully saturated rings. The number of anilines is 1. The summed E-state index contributed by atoms with van der Waals surface area (Å²) in [5.74, 6) is -0.796. The van der Waals surface area contributed by atoms with Gasteiger partial charge < -0.3 is 10.2 Å². The third kappa shape index (κ3) is 1.93. The van der Waals surface area contributed by atoms with Crippen LogP contribution >= 0.6 is 0 Å². The van der Waals surface area contributed by atoms with Crippen molar-refractivity contribution in [1.82, 2.24) is 10.2 Å². The number of rotatable bonds is 2. The molecule has 0 aromatic heterocycles. The van der Waals surface area contributed by atoms with Gasteiger partial charge in [-0.3, -0.25) is 19.7 Å². The van der Waals surface area contributed by atoms with Gasteiger partial charge in [-0.05, 0) is 24.1 Å². The zero-order chi connectivity index (χ0) is 14.3. The van der Waals surface area contributed by atoms with Crippen molar-refractivity contribution in [3.05, 3.63) is 29.3 Å². The Kier molecular flexibility index (Phi) is 2.93. The van der Waals surface area contributed by atoms with Gasteiger partial charge in [-0.2, -0.15) is 0 Å². The fourth-order valence-electron chi connectivity index (χ4n) is 2.71. The summed E-state index contributed by atoms with van der Waals surface area (Å²) in [7, 11) is 1.79. The standard InChI is InChI=1S/C14H15N3O3/c1-15-9-3-2-8-7-17(14(20)10(8)6-9)11-4-5-12(18)16-13(11)19/h2-3,6,11,15H,4-5,7H2,1H3,(H,16,18,19). The Balaban J connectivity index is 1.86. The number of nitrogens with one attached hydrogen (secondary N) is 2. The van der Waals surface area contributed by atoms with Crippen LogP contribution < -0.4 is 10.6 Å². The van der Waals surface area contributed by atoms with E-state index < -0.39 is 6.04 Å². The maximum atomic E-state index is 12.4. The van der Waals surface area contributed by atoms with E-state index in [9.17, 15) is 14.4 Å². The maximum Gasteiger partial charge on any atom is 0.255 e. The summed E-state index contributed by atoms with van der Waals surface area (Å²) in [6, 6.07) is 5.04. The molecule has 0 saturated carbocycles. The predicted octanol–water partition coefficient (Wildman–Crippen LogP) is 0.489. The van der Waals surface area contributed by atoms with Gasteiger partial charge >= 0.3 is 0 Å². The van der Waals surface area contributed by atoms with Crippen LogP contribution in [0.5, 0.6) is 0 Å². The van der Waals surface area contributed by atoms with E-state index in [-0.39, 0.29) is 24.1 Å². The van der Waals surface area contributed by atoms with Gasteiger partial charge in [0.1, 0.15) is 6.04 Å². The number of piperidine rings is 1. The molecule has 1 aromatic rings. The quantitative estimate of drug-likeness (QED) is 0.769. The molecule has 2 heterocycles. The molecule has 1 aromatic carbocycles. The molecule has 2 aliphatic rings. The molecule has 3 amide bonds. The molecule has 0 bridgehead atoms. The SMILES string of the molecule is CNc1ccc2c(c1)C(=O)N(C1CCC(=O)NC1=O)C2. The van der Waals surface area contributed by atoms with E-state index >= 15 is 0 Å². The molecule has 0 spiro atoms. The molecule has 20 heavy (non-hydrogen) atoms. The lowest BCUT2D eigenvalue weighted by Crippen LogP contribution is -2.52. The Morgan fingerprint density at radius 1 is 1.30 bits per heavy atom. The Morgan fingerprint density at radius 2 is 2.10 bits per heavy atom. The van der Waals surface area contributed by atoms with E-state index in [1.807, 2.05) is 12.1 Å². The third-order valence-electron chi connectivity index (χ3n) is 3.82. The molecule has 0 radical (unpaired) electrons. The number of nitrogens with zero attached hydrogens (tertiary/aromatic N) is 1. The number of imide groups is 1. The molecule has 1 atom stereocenters. The van der Waals surface area contributed by atoms with Gasteiger partial charge in [-0.1, -0.05) is 6.07 Å². The first kappa shape index (κ1) is 12.7. The van der Waals surface area contributed by atoms with Crippen molar-refractivity contribution in [3.63, 3.8) is 0 Å². The van der Waals surface area contributed by atoms with E-state index in [0.29, 0.717) is 18.5 Å². The first-order valence-corrected chi connectivity index (χ1v) is 6.55. The monoisotopic (exact) mass is 273 g/mol. The highest BCUT2D eigenvalue weighted by molar-refractivity contribution is 6.05. The summed E-state index contributed by atoms with van der Waals surface area (Å²) in [5, 5.41) is 5.28. The van der Waals surface area contributed by atoms with Crippen molar-refractivity contribution in [2.75, 3.05) is 12.4 Å². The van der Waals surface area contributed by atoms with Gasteiger partial charge in [0.25, 0.3) is 5.91 Å². The van der Waals surface area contributed by atoms with Gasteiger partial charge in [-0.25, -0.2) is 0 Å². The lowest BCUT2D eigenvalue weighted by atomic mass is 10.0. The first-order chi connectivity index (χ1) is 9.60. The highest BCUT2D eigenvalue weighted by atomic mass is 16.2. The molecule has 6 nitrogen and oxygen atoms in total. The van der Waals surface area contributed by atoms with Crippen LogP contribution in [-0.4, -0.2) is 35.7 Å². The van der Waals surface area contributed by atoms with E-state index in [1.54, 1.807) is 18.0 Å². The van der Waals surface area contributed by atoms with Gasteiger partial charge in [0.15, 0.2) is 0 Å². The minimum absolute atomic E-state index is 0.147.